The fourth-order valence-electron chi connectivity index (χ4n) is 2.19. The zero-order valence-electron chi connectivity index (χ0n) is 12.4. The van der Waals surface area contributed by atoms with Gasteiger partial charge in [0.15, 0.2) is 0 Å². The highest BCUT2D eigenvalue weighted by Gasteiger charge is 2.10. The van der Waals surface area contributed by atoms with Crippen LogP contribution in [0.25, 0.3) is 0 Å². The van der Waals surface area contributed by atoms with Crippen molar-refractivity contribution in [3.8, 4) is 0 Å². The molecule has 1 aromatic heterocycles. The zero-order chi connectivity index (χ0) is 13.5. The van der Waals surface area contributed by atoms with Crippen LogP contribution in [-0.2, 0) is 0 Å². The molecule has 0 bridgehead atoms. The highest BCUT2D eigenvalue weighted by Crippen LogP contribution is 2.18. The summed E-state index contributed by atoms with van der Waals surface area (Å²) in [6.07, 6.45) is 3.06. The van der Waals surface area contributed by atoms with Gasteiger partial charge in [0, 0.05) is 19.6 Å². The minimum atomic E-state index is 0.374. The lowest BCUT2D eigenvalue weighted by atomic mass is 10.1. The Morgan fingerprint density at radius 3 is 2.44 bits per heavy atom. The molecule has 0 radical (unpaired) electrons. The van der Waals surface area contributed by atoms with Gasteiger partial charge in [0.1, 0.15) is 0 Å². The molecule has 1 atom stereocenters. The highest BCUT2D eigenvalue weighted by atomic mass is 15.1. The Morgan fingerprint density at radius 2 is 2.00 bits per heavy atom. The van der Waals surface area contributed by atoms with E-state index in [9.17, 15) is 0 Å². The average Bonchev–Trinajstić information content (AvgIpc) is 2.35. The molecule has 0 saturated heterocycles. The van der Waals surface area contributed by atoms with Gasteiger partial charge in [-0.15, -0.1) is 0 Å². The van der Waals surface area contributed by atoms with E-state index in [0.29, 0.717) is 12.0 Å². The van der Waals surface area contributed by atoms with E-state index in [0.717, 1.165) is 25.2 Å². The minimum Gasteiger partial charge on any atom is -0.373 e. The first-order valence-corrected chi connectivity index (χ1v) is 6.98. The van der Waals surface area contributed by atoms with Crippen LogP contribution < -0.4 is 10.2 Å². The van der Waals surface area contributed by atoms with Crippen LogP contribution in [0.3, 0.4) is 0 Å². The molecule has 102 valence electrons. The third kappa shape index (κ3) is 4.30. The van der Waals surface area contributed by atoms with E-state index in [1.54, 1.807) is 0 Å². The van der Waals surface area contributed by atoms with Gasteiger partial charge in [-0.05, 0) is 31.0 Å². The number of rotatable bonds is 7. The third-order valence-corrected chi connectivity index (χ3v) is 3.07. The molecule has 3 nitrogen and oxygen atoms in total. The predicted octanol–water partition coefficient (Wildman–Crippen LogP) is 3.23. The van der Waals surface area contributed by atoms with E-state index in [4.69, 9.17) is 0 Å². The van der Waals surface area contributed by atoms with Crippen LogP contribution in [0.5, 0.6) is 0 Å². The lowest BCUT2D eigenvalue weighted by Gasteiger charge is -2.22. The van der Waals surface area contributed by atoms with Gasteiger partial charge in [-0.3, -0.25) is 4.98 Å². The first kappa shape index (κ1) is 15.0. The van der Waals surface area contributed by atoms with Crippen LogP contribution in [0, 0.1) is 5.92 Å². The Kier molecular flexibility index (Phi) is 6.13. The van der Waals surface area contributed by atoms with Gasteiger partial charge in [-0.1, -0.05) is 27.7 Å². The number of anilines is 1. The molecule has 0 aromatic carbocycles. The van der Waals surface area contributed by atoms with Crippen molar-refractivity contribution in [2.24, 2.45) is 5.92 Å². The van der Waals surface area contributed by atoms with Gasteiger partial charge in [-0.25, -0.2) is 0 Å². The van der Waals surface area contributed by atoms with Crippen LogP contribution in [-0.4, -0.2) is 25.1 Å². The number of aromatic nitrogens is 1. The van der Waals surface area contributed by atoms with Crippen LogP contribution in [0.2, 0.25) is 0 Å². The summed E-state index contributed by atoms with van der Waals surface area (Å²) in [5.41, 5.74) is 2.33. The summed E-state index contributed by atoms with van der Waals surface area (Å²) in [5, 5.41) is 3.45. The Morgan fingerprint density at radius 1 is 1.28 bits per heavy atom. The van der Waals surface area contributed by atoms with E-state index >= 15 is 0 Å². The van der Waals surface area contributed by atoms with Crippen molar-refractivity contribution in [3.63, 3.8) is 0 Å². The van der Waals surface area contributed by atoms with E-state index in [2.05, 4.69) is 62.1 Å². The van der Waals surface area contributed by atoms with Gasteiger partial charge in [0.05, 0.1) is 17.6 Å². The fraction of sp³-hybridized carbons (Fsp3) is 0.667. The summed E-state index contributed by atoms with van der Waals surface area (Å²) in [6.45, 7) is 10.8. The van der Waals surface area contributed by atoms with Crippen molar-refractivity contribution in [1.29, 1.82) is 0 Å². The molecule has 0 spiro atoms. The number of nitrogens with zero attached hydrogens (tertiary/aromatic N) is 2. The molecule has 0 aliphatic rings. The van der Waals surface area contributed by atoms with Gasteiger partial charge >= 0.3 is 0 Å². The molecule has 0 aliphatic carbocycles. The van der Waals surface area contributed by atoms with Gasteiger partial charge in [-0.2, -0.15) is 0 Å². The van der Waals surface area contributed by atoms with Crippen LogP contribution >= 0.6 is 0 Å². The highest BCUT2D eigenvalue weighted by molar-refractivity contribution is 5.43. The minimum absolute atomic E-state index is 0.374. The monoisotopic (exact) mass is 249 g/mol. The summed E-state index contributed by atoms with van der Waals surface area (Å²) < 4.78 is 0. The maximum atomic E-state index is 4.59. The fourth-order valence-corrected chi connectivity index (χ4v) is 2.19. The maximum Gasteiger partial charge on any atom is 0.0574 e. The molecule has 1 unspecified atom stereocenters. The molecule has 0 aliphatic heterocycles. The van der Waals surface area contributed by atoms with Crippen molar-refractivity contribution < 1.29 is 0 Å². The summed E-state index contributed by atoms with van der Waals surface area (Å²) >= 11 is 0. The second-order valence-corrected chi connectivity index (χ2v) is 5.23. The Labute approximate surface area is 112 Å². The molecular formula is C15H27N3. The van der Waals surface area contributed by atoms with Crippen LogP contribution in [0.4, 0.5) is 5.69 Å². The van der Waals surface area contributed by atoms with Crippen molar-refractivity contribution in [1.82, 2.24) is 10.3 Å². The lowest BCUT2D eigenvalue weighted by molar-refractivity contribution is 0.524. The summed E-state index contributed by atoms with van der Waals surface area (Å²) in [6, 6.07) is 4.69. The van der Waals surface area contributed by atoms with Crippen LogP contribution in [0.15, 0.2) is 18.3 Å². The predicted molar refractivity (Wildman–Crippen MR) is 79.1 cm³/mol. The average molecular weight is 249 g/mol. The SMILES string of the molecule is CCNC(CC)c1ccc(N(C)CC(C)C)cn1. The first-order valence-electron chi connectivity index (χ1n) is 6.98. The van der Waals surface area contributed by atoms with E-state index < -0.39 is 0 Å². The molecule has 1 heterocycles. The molecule has 18 heavy (non-hydrogen) atoms. The van der Waals surface area contributed by atoms with Crippen molar-refractivity contribution in [3.05, 3.63) is 24.0 Å². The summed E-state index contributed by atoms with van der Waals surface area (Å²) in [7, 11) is 2.12. The summed E-state index contributed by atoms with van der Waals surface area (Å²) in [5.74, 6) is 0.667. The van der Waals surface area contributed by atoms with Crippen LogP contribution in [0.1, 0.15) is 45.9 Å². The molecule has 1 rings (SSSR count). The smallest absolute Gasteiger partial charge is 0.0574 e. The number of hydrogen-bond acceptors (Lipinski definition) is 3. The van der Waals surface area contributed by atoms with Gasteiger partial charge in [0.2, 0.25) is 0 Å². The van der Waals surface area contributed by atoms with Crippen molar-refractivity contribution >= 4 is 5.69 Å². The molecule has 0 fully saturated rings. The van der Waals surface area contributed by atoms with Gasteiger partial charge < -0.3 is 10.2 Å². The Balaban J connectivity index is 2.72. The molecular weight excluding hydrogens is 222 g/mol. The second-order valence-electron chi connectivity index (χ2n) is 5.23. The lowest BCUT2D eigenvalue weighted by Crippen LogP contribution is -2.24. The maximum absolute atomic E-state index is 4.59. The van der Waals surface area contributed by atoms with E-state index in [1.165, 1.54) is 5.69 Å². The topological polar surface area (TPSA) is 28.2 Å². The Hall–Kier alpha value is -1.09. The van der Waals surface area contributed by atoms with Crippen molar-refractivity contribution in [2.45, 2.75) is 40.2 Å². The van der Waals surface area contributed by atoms with Gasteiger partial charge in [0.25, 0.3) is 0 Å². The standard InChI is InChI=1S/C15H27N3/c1-6-14(16-7-2)15-9-8-13(10-17-15)18(5)11-12(3)4/h8-10,12,14,16H,6-7,11H2,1-5H3. The quantitative estimate of drug-likeness (QED) is 0.804. The number of hydrogen-bond donors (Lipinski definition) is 1. The normalized spacial score (nSPS) is 12.8. The molecule has 3 heteroatoms. The number of pyridine rings is 1. The molecule has 0 saturated carbocycles. The first-order chi connectivity index (χ1) is 8.58. The molecule has 0 amide bonds. The molecule has 1 N–H and O–H groups in total. The number of nitrogens with one attached hydrogen (secondary N) is 1. The second kappa shape index (κ2) is 7.37. The third-order valence-electron chi connectivity index (χ3n) is 3.07. The van der Waals surface area contributed by atoms with E-state index in [-0.39, 0.29) is 0 Å². The summed E-state index contributed by atoms with van der Waals surface area (Å²) in [4.78, 5) is 6.85. The van der Waals surface area contributed by atoms with E-state index in [1.807, 2.05) is 6.20 Å². The zero-order valence-corrected chi connectivity index (χ0v) is 12.4. The Bertz CT molecular complexity index is 332. The largest absolute Gasteiger partial charge is 0.373 e. The molecule has 1 aromatic rings. The van der Waals surface area contributed by atoms with Crippen molar-refractivity contribution in [2.75, 3.05) is 25.0 Å².